The van der Waals surface area contributed by atoms with E-state index in [4.69, 9.17) is 4.74 Å². The summed E-state index contributed by atoms with van der Waals surface area (Å²) in [7, 11) is 0. The van der Waals surface area contributed by atoms with Crippen molar-refractivity contribution in [1.29, 1.82) is 0 Å². The number of carbonyl (C=O) groups excluding carboxylic acids is 3. The summed E-state index contributed by atoms with van der Waals surface area (Å²) in [4.78, 5) is 36.9. The van der Waals surface area contributed by atoms with Gasteiger partial charge in [-0.25, -0.2) is 9.59 Å². The summed E-state index contributed by atoms with van der Waals surface area (Å²) in [5.74, 6) is -1.20. The Hall–Kier alpha value is -2.67. The number of amides is 3. The highest BCUT2D eigenvalue weighted by Gasteiger charge is 2.22. The number of imide groups is 1. The summed E-state index contributed by atoms with van der Waals surface area (Å²) in [5.41, 5.74) is 3.56. The van der Waals surface area contributed by atoms with E-state index in [2.05, 4.69) is 22.8 Å². The molecule has 7 heteroatoms. The summed E-state index contributed by atoms with van der Waals surface area (Å²) < 4.78 is 5.04. The standard InChI is InChI=1S/C19H20N2O4S/c1-2-9-20-19(24)21-16(22)11-25-18(23)15-10-13-8-7-12-5-3-4-6-14(12)17(13)26-15/h3-6,10H,2,7-9,11H2,1H3,(H2,20,21,22,24). The van der Waals surface area contributed by atoms with Gasteiger partial charge < -0.3 is 10.1 Å². The number of nitrogens with one attached hydrogen (secondary N) is 2. The molecule has 0 unspecified atom stereocenters. The van der Waals surface area contributed by atoms with E-state index in [0.717, 1.165) is 35.3 Å². The zero-order chi connectivity index (χ0) is 18.5. The quantitative estimate of drug-likeness (QED) is 0.791. The Kier molecular flexibility index (Phi) is 5.68. The van der Waals surface area contributed by atoms with Crippen molar-refractivity contribution in [2.75, 3.05) is 13.2 Å². The van der Waals surface area contributed by atoms with Crippen LogP contribution in [0.5, 0.6) is 0 Å². The Morgan fingerprint density at radius 1 is 1.15 bits per heavy atom. The van der Waals surface area contributed by atoms with Gasteiger partial charge in [-0.1, -0.05) is 31.2 Å². The number of rotatable bonds is 5. The minimum atomic E-state index is -0.654. The number of aryl methyl sites for hydroxylation is 2. The Morgan fingerprint density at radius 3 is 2.73 bits per heavy atom. The van der Waals surface area contributed by atoms with E-state index in [-0.39, 0.29) is 0 Å². The van der Waals surface area contributed by atoms with Crippen LogP contribution in [-0.4, -0.2) is 31.1 Å². The van der Waals surface area contributed by atoms with Crippen molar-refractivity contribution in [3.8, 4) is 10.4 Å². The number of ether oxygens (including phenoxy) is 1. The topological polar surface area (TPSA) is 84.5 Å². The second kappa shape index (κ2) is 8.14. The number of thiophene rings is 1. The normalized spacial score (nSPS) is 11.9. The van der Waals surface area contributed by atoms with Crippen LogP contribution < -0.4 is 10.6 Å². The predicted octanol–water partition coefficient (Wildman–Crippen LogP) is 2.91. The molecule has 0 spiro atoms. The first kappa shape index (κ1) is 18.1. The Labute approximate surface area is 155 Å². The van der Waals surface area contributed by atoms with E-state index in [1.165, 1.54) is 16.9 Å². The third-order valence-electron chi connectivity index (χ3n) is 4.06. The summed E-state index contributed by atoms with van der Waals surface area (Å²) >= 11 is 1.38. The molecule has 3 rings (SSSR count). The molecule has 1 aromatic carbocycles. The molecule has 0 radical (unpaired) electrons. The molecular formula is C19H20N2O4S. The molecule has 1 aliphatic carbocycles. The minimum absolute atomic E-state index is 0.468. The van der Waals surface area contributed by atoms with Crippen molar-refractivity contribution in [3.05, 3.63) is 46.3 Å². The third-order valence-corrected chi connectivity index (χ3v) is 5.25. The van der Waals surface area contributed by atoms with Gasteiger partial charge in [-0.2, -0.15) is 0 Å². The van der Waals surface area contributed by atoms with E-state index in [1.807, 2.05) is 25.1 Å². The molecule has 0 fully saturated rings. The van der Waals surface area contributed by atoms with Gasteiger partial charge in [0.1, 0.15) is 4.88 Å². The van der Waals surface area contributed by atoms with Crippen molar-refractivity contribution in [1.82, 2.24) is 10.6 Å². The zero-order valence-corrected chi connectivity index (χ0v) is 15.3. The van der Waals surface area contributed by atoms with Crippen molar-refractivity contribution in [2.45, 2.75) is 26.2 Å². The lowest BCUT2D eigenvalue weighted by atomic mass is 9.91. The summed E-state index contributed by atoms with van der Waals surface area (Å²) in [6, 6.07) is 9.41. The van der Waals surface area contributed by atoms with Gasteiger partial charge in [0.15, 0.2) is 6.61 Å². The number of fused-ring (bicyclic) bond motifs is 3. The lowest BCUT2D eigenvalue weighted by molar-refractivity contribution is -0.123. The number of hydrogen-bond acceptors (Lipinski definition) is 5. The highest BCUT2D eigenvalue weighted by atomic mass is 32.1. The van der Waals surface area contributed by atoms with Crippen LogP contribution in [0.3, 0.4) is 0 Å². The first-order chi connectivity index (χ1) is 12.6. The average molecular weight is 372 g/mol. The molecule has 0 atom stereocenters. The van der Waals surface area contributed by atoms with Gasteiger partial charge >= 0.3 is 12.0 Å². The minimum Gasteiger partial charge on any atom is -0.451 e. The number of carbonyl (C=O) groups is 3. The maximum absolute atomic E-state index is 12.2. The van der Waals surface area contributed by atoms with E-state index >= 15 is 0 Å². The fourth-order valence-electron chi connectivity index (χ4n) is 2.82. The number of benzene rings is 1. The summed E-state index contributed by atoms with van der Waals surface area (Å²) in [6.07, 6.45) is 2.60. The van der Waals surface area contributed by atoms with E-state index < -0.39 is 24.5 Å². The van der Waals surface area contributed by atoms with E-state index in [0.29, 0.717) is 11.4 Å². The predicted molar refractivity (Wildman–Crippen MR) is 99.3 cm³/mol. The van der Waals surface area contributed by atoms with Crippen LogP contribution in [0.25, 0.3) is 10.4 Å². The highest BCUT2D eigenvalue weighted by Crippen LogP contribution is 2.39. The van der Waals surface area contributed by atoms with Crippen molar-refractivity contribution >= 4 is 29.2 Å². The van der Waals surface area contributed by atoms with Gasteiger partial charge in [0.05, 0.1) is 0 Å². The number of urea groups is 1. The molecule has 0 bridgehead atoms. The molecule has 0 saturated heterocycles. The first-order valence-corrected chi connectivity index (χ1v) is 9.36. The Morgan fingerprint density at radius 2 is 1.92 bits per heavy atom. The lowest BCUT2D eigenvalue weighted by Gasteiger charge is -2.15. The van der Waals surface area contributed by atoms with Crippen molar-refractivity contribution in [2.24, 2.45) is 0 Å². The third kappa shape index (κ3) is 4.11. The van der Waals surface area contributed by atoms with Crippen LogP contribution in [0.4, 0.5) is 4.79 Å². The zero-order valence-electron chi connectivity index (χ0n) is 14.5. The smallest absolute Gasteiger partial charge is 0.348 e. The lowest BCUT2D eigenvalue weighted by Crippen LogP contribution is -2.41. The molecule has 1 aliphatic rings. The van der Waals surface area contributed by atoms with E-state index in [9.17, 15) is 14.4 Å². The van der Waals surface area contributed by atoms with Crippen LogP contribution in [-0.2, 0) is 22.4 Å². The summed E-state index contributed by atoms with van der Waals surface area (Å²) in [5, 5.41) is 4.64. The number of hydrogen-bond donors (Lipinski definition) is 2. The van der Waals surface area contributed by atoms with Gasteiger partial charge in [0.2, 0.25) is 0 Å². The highest BCUT2D eigenvalue weighted by molar-refractivity contribution is 7.17. The molecular weight excluding hydrogens is 352 g/mol. The van der Waals surface area contributed by atoms with Crippen LogP contribution in [0.15, 0.2) is 30.3 Å². The second-order valence-electron chi connectivity index (χ2n) is 6.00. The molecule has 6 nitrogen and oxygen atoms in total. The average Bonchev–Trinajstić information content (AvgIpc) is 3.09. The SMILES string of the molecule is CCCNC(=O)NC(=O)COC(=O)c1cc2c(s1)-c1ccccc1CC2. The Balaban J connectivity index is 1.59. The fraction of sp³-hybridized carbons (Fsp3) is 0.316. The number of esters is 1. The molecule has 2 aromatic rings. The summed E-state index contributed by atoms with van der Waals surface area (Å²) in [6.45, 7) is 1.89. The van der Waals surface area contributed by atoms with Crippen molar-refractivity contribution < 1.29 is 19.1 Å². The largest absolute Gasteiger partial charge is 0.451 e. The van der Waals surface area contributed by atoms with Crippen LogP contribution in [0.2, 0.25) is 0 Å². The molecule has 3 amide bonds. The molecule has 1 heterocycles. The van der Waals surface area contributed by atoms with Gasteiger partial charge in [-0.3, -0.25) is 10.1 Å². The molecule has 2 N–H and O–H groups in total. The molecule has 1 aromatic heterocycles. The molecule has 136 valence electrons. The molecule has 0 aliphatic heterocycles. The van der Waals surface area contributed by atoms with Crippen LogP contribution >= 0.6 is 11.3 Å². The van der Waals surface area contributed by atoms with Gasteiger partial charge in [0, 0.05) is 11.4 Å². The Bertz CT molecular complexity index is 844. The van der Waals surface area contributed by atoms with Crippen LogP contribution in [0.1, 0.15) is 34.1 Å². The van der Waals surface area contributed by atoms with Gasteiger partial charge in [-0.15, -0.1) is 11.3 Å². The van der Waals surface area contributed by atoms with E-state index in [1.54, 1.807) is 0 Å². The van der Waals surface area contributed by atoms with Crippen molar-refractivity contribution in [3.63, 3.8) is 0 Å². The monoisotopic (exact) mass is 372 g/mol. The second-order valence-corrected chi connectivity index (χ2v) is 7.05. The fourth-order valence-corrected chi connectivity index (χ4v) is 3.98. The molecule has 26 heavy (non-hydrogen) atoms. The first-order valence-electron chi connectivity index (χ1n) is 8.54. The molecule has 0 saturated carbocycles. The van der Waals surface area contributed by atoms with Crippen LogP contribution in [0, 0.1) is 0 Å². The van der Waals surface area contributed by atoms with Gasteiger partial charge in [0.25, 0.3) is 5.91 Å². The van der Waals surface area contributed by atoms with Gasteiger partial charge in [-0.05, 0) is 42.0 Å². The maximum atomic E-state index is 12.2. The maximum Gasteiger partial charge on any atom is 0.348 e.